The smallest absolute Gasteiger partial charge is 0.0459 e. The van der Waals surface area contributed by atoms with Gasteiger partial charge in [0, 0.05) is 13.2 Å². The monoisotopic (exact) mass is 801 g/mol. The predicted molar refractivity (Wildman–Crippen MR) is 247 cm³/mol. The lowest BCUT2D eigenvalue weighted by molar-refractivity contribution is -0.00844. The van der Waals surface area contributed by atoms with E-state index in [-0.39, 0.29) is 0 Å². The molecule has 6 fully saturated rings. The first-order chi connectivity index (χ1) is 27.7. The lowest BCUT2D eigenvalue weighted by Crippen LogP contribution is -2.48. The molecule has 0 aromatic heterocycles. The summed E-state index contributed by atoms with van der Waals surface area (Å²) in [4.78, 5) is 0. The summed E-state index contributed by atoms with van der Waals surface area (Å²) in [5.74, 6) is 10.7. The Balaban J connectivity index is 0.000000177. The van der Waals surface area contributed by atoms with Gasteiger partial charge in [-0.1, -0.05) is 137 Å². The Morgan fingerprint density at radius 2 is 1.02 bits per heavy atom. The Kier molecular flexibility index (Phi) is 14.6. The van der Waals surface area contributed by atoms with E-state index in [4.69, 9.17) is 0 Å². The van der Waals surface area contributed by atoms with E-state index in [9.17, 15) is 10.2 Å². The van der Waals surface area contributed by atoms with Gasteiger partial charge in [-0.05, 0) is 201 Å². The van der Waals surface area contributed by atoms with E-state index in [2.05, 4.69) is 74.5 Å². The van der Waals surface area contributed by atoms with Gasteiger partial charge in [0.05, 0.1) is 0 Å². The molecule has 0 heterocycles. The highest BCUT2D eigenvalue weighted by Crippen LogP contribution is 2.68. The summed E-state index contributed by atoms with van der Waals surface area (Å²) in [5.41, 5.74) is 6.19. The van der Waals surface area contributed by atoms with Crippen molar-refractivity contribution in [1.82, 2.24) is 0 Å². The molecule has 0 spiro atoms. The molecule has 6 saturated carbocycles. The van der Waals surface area contributed by atoms with Crippen LogP contribution in [0.4, 0.5) is 0 Å². The minimum Gasteiger partial charge on any atom is -0.396 e. The molecule has 332 valence electrons. The number of hydrogen-bond donors (Lipinski definition) is 2. The maximum absolute atomic E-state index is 9.62. The molecular formula is C56H96O2. The van der Waals surface area contributed by atoms with Gasteiger partial charge in [0.15, 0.2) is 0 Å². The Morgan fingerprint density at radius 1 is 0.534 bits per heavy atom. The highest BCUT2D eigenvalue weighted by molar-refractivity contribution is 5.29. The summed E-state index contributed by atoms with van der Waals surface area (Å²) in [7, 11) is 0. The van der Waals surface area contributed by atoms with Gasteiger partial charge in [-0.3, -0.25) is 0 Å². The van der Waals surface area contributed by atoms with Crippen LogP contribution in [-0.4, -0.2) is 23.4 Å². The van der Waals surface area contributed by atoms with Gasteiger partial charge in [-0.25, -0.2) is 0 Å². The molecule has 2 heteroatoms. The number of aliphatic hydroxyl groups excluding tert-OH is 2. The molecule has 0 saturated heterocycles. The third-order valence-corrected chi connectivity index (χ3v) is 21.8. The Hall–Kier alpha value is -0.600. The zero-order chi connectivity index (χ0) is 41.5. The molecule has 0 amide bonds. The van der Waals surface area contributed by atoms with E-state index in [1.54, 1.807) is 0 Å². The van der Waals surface area contributed by atoms with Crippen LogP contribution < -0.4 is 0 Å². The maximum atomic E-state index is 9.62. The first kappa shape index (κ1) is 45.4. The average Bonchev–Trinajstić information content (AvgIpc) is 3.77. The van der Waals surface area contributed by atoms with Crippen LogP contribution in [0, 0.1) is 98.6 Å². The van der Waals surface area contributed by atoms with Crippen molar-refractivity contribution in [3.63, 3.8) is 0 Å². The van der Waals surface area contributed by atoms with Crippen molar-refractivity contribution in [2.75, 3.05) is 13.2 Å². The summed E-state index contributed by atoms with van der Waals surface area (Å²) in [5, 5.41) is 18.9. The Bertz CT molecular complexity index is 1410. The van der Waals surface area contributed by atoms with Gasteiger partial charge in [-0.2, -0.15) is 0 Å². The van der Waals surface area contributed by atoms with Crippen molar-refractivity contribution in [3.8, 4) is 0 Å². The van der Waals surface area contributed by atoms with Crippen molar-refractivity contribution in [2.45, 2.75) is 216 Å². The van der Waals surface area contributed by atoms with Crippen molar-refractivity contribution >= 4 is 0 Å². The molecule has 8 aliphatic rings. The van der Waals surface area contributed by atoms with Crippen LogP contribution in [0.3, 0.4) is 0 Å². The molecule has 8 aliphatic carbocycles. The molecule has 0 bridgehead atoms. The van der Waals surface area contributed by atoms with Crippen LogP contribution in [0.2, 0.25) is 0 Å². The molecule has 2 nitrogen and oxygen atoms in total. The van der Waals surface area contributed by atoms with E-state index in [1.807, 2.05) is 11.1 Å². The quantitative estimate of drug-likeness (QED) is 0.182. The second kappa shape index (κ2) is 18.6. The SMILES string of the molecule is CC(CO)CCCC(C)[C@H]1CC[C@H]2C3=CCC4CCCC[C@]4(C)[C@H]3CC[C@]12C.CCC(CCC(C)[C@H]1CC[C@H]2C3=CCC4CCCC[C@]4(C)[C@H]3CC[C@]12C)C(C)CO. The number of hydrogen-bond acceptors (Lipinski definition) is 2. The van der Waals surface area contributed by atoms with Gasteiger partial charge in [0.25, 0.3) is 0 Å². The molecule has 7 unspecified atom stereocenters. The highest BCUT2D eigenvalue weighted by Gasteiger charge is 2.59. The zero-order valence-electron chi connectivity index (χ0n) is 39.9. The normalized spacial score (nSPS) is 44.3. The van der Waals surface area contributed by atoms with Crippen LogP contribution in [0.25, 0.3) is 0 Å². The third kappa shape index (κ3) is 8.32. The summed E-state index contributed by atoms with van der Waals surface area (Å²) >= 11 is 0. The van der Waals surface area contributed by atoms with Crippen LogP contribution in [0.15, 0.2) is 23.3 Å². The maximum Gasteiger partial charge on any atom is 0.0459 e. The van der Waals surface area contributed by atoms with Crippen molar-refractivity contribution in [3.05, 3.63) is 23.3 Å². The van der Waals surface area contributed by atoms with E-state index >= 15 is 0 Å². The molecule has 0 aromatic rings. The van der Waals surface area contributed by atoms with Crippen molar-refractivity contribution in [1.29, 1.82) is 0 Å². The molecule has 0 radical (unpaired) electrons. The summed E-state index contributed by atoms with van der Waals surface area (Å²) in [6, 6.07) is 0. The van der Waals surface area contributed by atoms with Gasteiger partial charge in [0.1, 0.15) is 0 Å². The Morgan fingerprint density at radius 3 is 1.48 bits per heavy atom. The minimum atomic E-state index is 0.353. The first-order valence-corrected chi connectivity index (χ1v) is 26.4. The predicted octanol–water partition coefficient (Wildman–Crippen LogP) is 15.4. The lowest BCUT2D eigenvalue weighted by atomic mass is 9.48. The van der Waals surface area contributed by atoms with Crippen LogP contribution >= 0.6 is 0 Å². The summed E-state index contributed by atoms with van der Waals surface area (Å²) in [6.07, 6.45) is 39.6. The summed E-state index contributed by atoms with van der Waals surface area (Å²) in [6.45, 7) is 23.3. The molecule has 0 aromatic carbocycles. The van der Waals surface area contributed by atoms with E-state index in [1.165, 1.54) is 154 Å². The first-order valence-electron chi connectivity index (χ1n) is 26.4. The van der Waals surface area contributed by atoms with Gasteiger partial charge in [-0.15, -0.1) is 0 Å². The highest BCUT2D eigenvalue weighted by atomic mass is 16.3. The molecule has 0 aliphatic heterocycles. The van der Waals surface area contributed by atoms with E-state index < -0.39 is 0 Å². The topological polar surface area (TPSA) is 40.5 Å². The molecule has 58 heavy (non-hydrogen) atoms. The largest absolute Gasteiger partial charge is 0.396 e. The molecule has 17 atom stereocenters. The molecule has 2 N–H and O–H groups in total. The van der Waals surface area contributed by atoms with Crippen molar-refractivity contribution < 1.29 is 10.2 Å². The number of allylic oxidation sites excluding steroid dienone is 4. The third-order valence-electron chi connectivity index (χ3n) is 21.8. The van der Waals surface area contributed by atoms with E-state index in [0.717, 1.165) is 59.2 Å². The number of fused-ring (bicyclic) bond motifs is 10. The fourth-order valence-electron chi connectivity index (χ4n) is 17.8. The Labute approximate surface area is 360 Å². The van der Waals surface area contributed by atoms with Gasteiger partial charge in [0.2, 0.25) is 0 Å². The summed E-state index contributed by atoms with van der Waals surface area (Å²) < 4.78 is 0. The number of rotatable bonds is 13. The van der Waals surface area contributed by atoms with Crippen molar-refractivity contribution in [2.24, 2.45) is 98.6 Å². The standard InChI is InChI=1S/C29H50O.C27H46O/c1-6-22(21(3)19-30)11-10-20(2)25-14-15-26-24-13-12-23-9-7-8-17-28(23,4)27(24)16-18-29(25,26)5;1-19(18-28)8-7-9-20(2)23-13-14-24-22-12-11-21-10-5-6-16-26(21,3)25(22)15-17-27(23,24)4/h13,20-23,25-27,30H,6-12,14-19H2,1-5H3;12,19-21,23-25,28H,5-11,13-18H2,1-4H3/t20?,21?,22?,23?,25-,26+,27+,28+,29-;19?,20?,21?,23-,24+,25+,26+,27-/m11/s1. The average molecular weight is 801 g/mol. The zero-order valence-corrected chi connectivity index (χ0v) is 39.9. The second-order valence-corrected chi connectivity index (χ2v) is 24.5. The lowest BCUT2D eigenvalue weighted by Gasteiger charge is -2.57. The molecule has 8 rings (SSSR count). The van der Waals surface area contributed by atoms with E-state index in [0.29, 0.717) is 52.6 Å². The number of aliphatic hydroxyl groups is 2. The molecular weight excluding hydrogens is 705 g/mol. The fraction of sp³-hybridized carbons (Fsp3) is 0.929. The van der Waals surface area contributed by atoms with Crippen LogP contribution in [-0.2, 0) is 0 Å². The van der Waals surface area contributed by atoms with Crippen LogP contribution in [0.5, 0.6) is 0 Å². The van der Waals surface area contributed by atoms with Crippen LogP contribution in [0.1, 0.15) is 216 Å². The minimum absolute atomic E-state index is 0.353. The second-order valence-electron chi connectivity index (χ2n) is 24.5. The van der Waals surface area contributed by atoms with Gasteiger partial charge >= 0.3 is 0 Å². The fourth-order valence-corrected chi connectivity index (χ4v) is 17.8. The van der Waals surface area contributed by atoms with Gasteiger partial charge < -0.3 is 10.2 Å².